The molecule has 0 aliphatic heterocycles. The zero-order chi connectivity index (χ0) is 13.9. The Balaban J connectivity index is 2.44. The van der Waals surface area contributed by atoms with E-state index in [0.29, 0.717) is 0 Å². The van der Waals surface area contributed by atoms with Gasteiger partial charge in [0.25, 0.3) is 0 Å². The minimum atomic E-state index is -0.0221. The first kappa shape index (κ1) is 14.2. The van der Waals surface area contributed by atoms with Crippen molar-refractivity contribution in [2.45, 2.75) is 45.1 Å². The number of nitrogens with two attached hydrogens (primary N) is 1. The zero-order valence-electron chi connectivity index (χ0n) is 12.2. The lowest BCUT2D eigenvalue weighted by molar-refractivity contribution is 0.213. The van der Waals surface area contributed by atoms with Gasteiger partial charge < -0.3 is 15.2 Å². The molecule has 0 radical (unpaired) electrons. The molecule has 19 heavy (non-hydrogen) atoms. The normalized spacial score (nSPS) is 19.2. The molecule has 0 aromatic heterocycles. The fraction of sp³-hybridized carbons (Fsp3) is 0.625. The first-order valence-corrected chi connectivity index (χ1v) is 7.15. The van der Waals surface area contributed by atoms with Crippen LogP contribution in [0.2, 0.25) is 0 Å². The molecule has 106 valence electrons. The van der Waals surface area contributed by atoms with Crippen LogP contribution in [0, 0.1) is 5.41 Å². The van der Waals surface area contributed by atoms with E-state index < -0.39 is 0 Å². The van der Waals surface area contributed by atoms with E-state index in [2.05, 4.69) is 6.92 Å². The summed E-state index contributed by atoms with van der Waals surface area (Å²) in [4.78, 5) is 0. The molecule has 1 unspecified atom stereocenters. The van der Waals surface area contributed by atoms with E-state index >= 15 is 0 Å². The molecular weight excluding hydrogens is 238 g/mol. The molecule has 2 rings (SSSR count). The number of hydrogen-bond acceptors (Lipinski definition) is 3. The second-order valence-corrected chi connectivity index (χ2v) is 5.48. The Bertz CT molecular complexity index is 403. The van der Waals surface area contributed by atoms with Gasteiger partial charge in [-0.2, -0.15) is 0 Å². The Morgan fingerprint density at radius 3 is 2.11 bits per heavy atom. The maximum Gasteiger partial charge on any atom is 0.127 e. The van der Waals surface area contributed by atoms with Gasteiger partial charge in [0.1, 0.15) is 11.5 Å². The van der Waals surface area contributed by atoms with Gasteiger partial charge >= 0.3 is 0 Å². The van der Waals surface area contributed by atoms with Crippen LogP contribution in [0.4, 0.5) is 0 Å². The fourth-order valence-corrected chi connectivity index (χ4v) is 3.46. The van der Waals surface area contributed by atoms with Crippen molar-refractivity contribution in [1.82, 2.24) is 0 Å². The van der Waals surface area contributed by atoms with Crippen LogP contribution in [0.5, 0.6) is 11.5 Å². The summed E-state index contributed by atoms with van der Waals surface area (Å²) in [7, 11) is 3.39. The molecule has 1 aliphatic carbocycles. The molecule has 0 saturated heterocycles. The molecule has 1 aromatic carbocycles. The zero-order valence-corrected chi connectivity index (χ0v) is 12.2. The molecule has 1 atom stereocenters. The van der Waals surface area contributed by atoms with E-state index in [-0.39, 0.29) is 11.5 Å². The molecule has 3 heteroatoms. The van der Waals surface area contributed by atoms with Gasteiger partial charge in [-0.25, -0.2) is 0 Å². The molecule has 0 bridgehead atoms. The van der Waals surface area contributed by atoms with Crippen molar-refractivity contribution in [3.05, 3.63) is 23.8 Å². The maximum atomic E-state index is 6.64. The van der Waals surface area contributed by atoms with Gasteiger partial charge in [-0.05, 0) is 36.8 Å². The highest BCUT2D eigenvalue weighted by Gasteiger charge is 2.40. The van der Waals surface area contributed by atoms with Gasteiger partial charge in [0, 0.05) is 6.04 Å². The van der Waals surface area contributed by atoms with Crippen molar-refractivity contribution in [3.8, 4) is 11.5 Å². The monoisotopic (exact) mass is 263 g/mol. The van der Waals surface area contributed by atoms with E-state index in [9.17, 15) is 0 Å². The van der Waals surface area contributed by atoms with Crippen molar-refractivity contribution >= 4 is 0 Å². The Hall–Kier alpha value is -1.22. The van der Waals surface area contributed by atoms with Crippen LogP contribution < -0.4 is 15.2 Å². The number of ether oxygens (including phenoxy) is 2. The van der Waals surface area contributed by atoms with Gasteiger partial charge in [0.2, 0.25) is 0 Å². The average molecular weight is 263 g/mol. The van der Waals surface area contributed by atoms with Gasteiger partial charge in [0.15, 0.2) is 0 Å². The number of rotatable bonds is 5. The quantitative estimate of drug-likeness (QED) is 0.881. The molecule has 1 saturated carbocycles. The SMILES string of the molecule is CCC1(C(N)c2c(OC)cccc2OC)CCCC1. The van der Waals surface area contributed by atoms with Crippen LogP contribution in [0.25, 0.3) is 0 Å². The lowest BCUT2D eigenvalue weighted by Crippen LogP contribution is -2.32. The third-order valence-electron chi connectivity index (χ3n) is 4.74. The first-order chi connectivity index (χ1) is 9.18. The Morgan fingerprint density at radius 2 is 1.68 bits per heavy atom. The summed E-state index contributed by atoms with van der Waals surface area (Å²) in [5.41, 5.74) is 7.86. The van der Waals surface area contributed by atoms with E-state index in [1.165, 1.54) is 25.7 Å². The summed E-state index contributed by atoms with van der Waals surface area (Å²) in [6.45, 7) is 2.24. The topological polar surface area (TPSA) is 44.5 Å². The molecule has 0 heterocycles. The smallest absolute Gasteiger partial charge is 0.127 e. The van der Waals surface area contributed by atoms with Crippen molar-refractivity contribution in [2.75, 3.05) is 14.2 Å². The highest BCUT2D eigenvalue weighted by atomic mass is 16.5. The van der Waals surface area contributed by atoms with Crippen molar-refractivity contribution in [1.29, 1.82) is 0 Å². The Labute approximate surface area is 116 Å². The van der Waals surface area contributed by atoms with Gasteiger partial charge in [-0.15, -0.1) is 0 Å². The number of benzene rings is 1. The van der Waals surface area contributed by atoms with E-state index in [0.717, 1.165) is 23.5 Å². The molecule has 0 spiro atoms. The summed E-state index contributed by atoms with van der Waals surface area (Å²) < 4.78 is 11.0. The van der Waals surface area contributed by atoms with Crippen molar-refractivity contribution in [3.63, 3.8) is 0 Å². The van der Waals surface area contributed by atoms with E-state index in [1.807, 2.05) is 18.2 Å². The number of methoxy groups -OCH3 is 2. The molecule has 3 nitrogen and oxygen atoms in total. The van der Waals surface area contributed by atoms with Crippen LogP contribution in [-0.2, 0) is 0 Å². The van der Waals surface area contributed by atoms with Crippen LogP contribution in [0.1, 0.15) is 50.6 Å². The largest absolute Gasteiger partial charge is 0.496 e. The van der Waals surface area contributed by atoms with Crippen molar-refractivity contribution in [2.24, 2.45) is 11.1 Å². The summed E-state index contributed by atoms with van der Waals surface area (Å²) in [5, 5.41) is 0. The van der Waals surface area contributed by atoms with Crippen LogP contribution >= 0.6 is 0 Å². The predicted octanol–water partition coefficient (Wildman–Crippen LogP) is 3.67. The third kappa shape index (κ3) is 2.44. The van der Waals surface area contributed by atoms with E-state index in [4.69, 9.17) is 15.2 Å². The summed E-state index contributed by atoms with van der Waals surface area (Å²) >= 11 is 0. The van der Waals surface area contributed by atoms with Gasteiger partial charge in [0.05, 0.1) is 19.8 Å². The minimum Gasteiger partial charge on any atom is -0.496 e. The fourth-order valence-electron chi connectivity index (χ4n) is 3.46. The standard InChI is InChI=1S/C16H25NO2/c1-4-16(10-5-6-11-16)15(17)14-12(18-2)8-7-9-13(14)19-3/h7-9,15H,4-6,10-11,17H2,1-3H3. The third-order valence-corrected chi connectivity index (χ3v) is 4.74. The van der Waals surface area contributed by atoms with Crippen LogP contribution in [-0.4, -0.2) is 14.2 Å². The molecule has 0 amide bonds. The predicted molar refractivity (Wildman–Crippen MR) is 77.7 cm³/mol. The minimum absolute atomic E-state index is 0.0221. The van der Waals surface area contributed by atoms with Gasteiger partial charge in [-0.3, -0.25) is 0 Å². The Kier molecular flexibility index (Phi) is 4.35. The van der Waals surface area contributed by atoms with Crippen molar-refractivity contribution < 1.29 is 9.47 Å². The number of hydrogen-bond donors (Lipinski definition) is 1. The second-order valence-electron chi connectivity index (χ2n) is 5.48. The van der Waals surface area contributed by atoms with Crippen LogP contribution in [0.3, 0.4) is 0 Å². The highest BCUT2D eigenvalue weighted by Crippen LogP contribution is 2.52. The summed E-state index contributed by atoms with van der Waals surface area (Å²) in [6.07, 6.45) is 6.06. The van der Waals surface area contributed by atoms with E-state index in [1.54, 1.807) is 14.2 Å². The lowest BCUT2D eigenvalue weighted by Gasteiger charge is -2.36. The summed E-state index contributed by atoms with van der Waals surface area (Å²) in [5.74, 6) is 1.68. The molecular formula is C16H25NO2. The molecule has 2 N–H and O–H groups in total. The summed E-state index contributed by atoms with van der Waals surface area (Å²) in [6, 6.07) is 5.86. The Morgan fingerprint density at radius 1 is 1.16 bits per heavy atom. The maximum absolute atomic E-state index is 6.64. The van der Waals surface area contributed by atoms with Crippen LogP contribution in [0.15, 0.2) is 18.2 Å². The molecule has 1 aromatic rings. The lowest BCUT2D eigenvalue weighted by atomic mass is 9.73. The average Bonchev–Trinajstić information content (AvgIpc) is 2.95. The molecule has 1 aliphatic rings. The molecule has 1 fully saturated rings. The highest BCUT2D eigenvalue weighted by molar-refractivity contribution is 5.47. The second kappa shape index (κ2) is 5.83. The first-order valence-electron chi connectivity index (χ1n) is 7.15. The van der Waals surface area contributed by atoms with Gasteiger partial charge in [-0.1, -0.05) is 25.8 Å².